The number of nitrogens with zero attached hydrogens (tertiary/aromatic N) is 1. The minimum atomic E-state index is -4.54. The molecule has 0 fully saturated rings. The topological polar surface area (TPSA) is 89.0 Å². The SMILES string of the molecule is O=c1[nH]c2cc(Cl)ccc2c(=O)n1S(=O)(=O)c1cc(Cl)ccc1Cl. The van der Waals surface area contributed by atoms with Gasteiger partial charge >= 0.3 is 5.69 Å². The highest BCUT2D eigenvalue weighted by Gasteiger charge is 2.26. The molecule has 0 unspecified atom stereocenters. The van der Waals surface area contributed by atoms with Crippen molar-refractivity contribution < 1.29 is 8.42 Å². The highest BCUT2D eigenvalue weighted by Crippen LogP contribution is 2.26. The zero-order valence-corrected chi connectivity index (χ0v) is 14.7. The first-order valence-electron chi connectivity index (χ1n) is 6.37. The first-order chi connectivity index (χ1) is 11.2. The lowest BCUT2D eigenvalue weighted by Gasteiger charge is -2.09. The van der Waals surface area contributed by atoms with Gasteiger partial charge in [-0.1, -0.05) is 34.8 Å². The van der Waals surface area contributed by atoms with Gasteiger partial charge in [-0.25, -0.2) is 13.2 Å². The second kappa shape index (κ2) is 5.93. The van der Waals surface area contributed by atoms with Crippen molar-refractivity contribution >= 4 is 55.7 Å². The molecule has 10 heteroatoms. The molecule has 0 saturated carbocycles. The number of fused-ring (bicyclic) bond motifs is 1. The van der Waals surface area contributed by atoms with Crippen molar-refractivity contribution in [3.63, 3.8) is 0 Å². The Morgan fingerprint density at radius 2 is 1.54 bits per heavy atom. The molecule has 124 valence electrons. The predicted octanol–water partition coefficient (Wildman–Crippen LogP) is 2.89. The van der Waals surface area contributed by atoms with Gasteiger partial charge in [0.1, 0.15) is 4.90 Å². The predicted molar refractivity (Wildman–Crippen MR) is 92.9 cm³/mol. The van der Waals surface area contributed by atoms with Crippen LogP contribution in [0.2, 0.25) is 15.1 Å². The van der Waals surface area contributed by atoms with Crippen LogP contribution in [0.4, 0.5) is 0 Å². The lowest BCUT2D eigenvalue weighted by Crippen LogP contribution is -2.40. The Morgan fingerprint density at radius 1 is 0.917 bits per heavy atom. The van der Waals surface area contributed by atoms with Crippen molar-refractivity contribution in [3.05, 3.63) is 72.3 Å². The maximum atomic E-state index is 12.7. The molecule has 0 aliphatic heterocycles. The van der Waals surface area contributed by atoms with Gasteiger partial charge in [0, 0.05) is 10.0 Å². The van der Waals surface area contributed by atoms with Crippen LogP contribution in [0.25, 0.3) is 10.9 Å². The number of aromatic nitrogens is 2. The Kier molecular flexibility index (Phi) is 4.21. The summed E-state index contributed by atoms with van der Waals surface area (Å²) in [5, 5.41) is 0.202. The number of hydrogen-bond acceptors (Lipinski definition) is 4. The van der Waals surface area contributed by atoms with E-state index in [0.717, 1.165) is 6.07 Å². The normalized spacial score (nSPS) is 11.8. The number of halogens is 3. The molecule has 0 amide bonds. The fourth-order valence-corrected chi connectivity index (χ4v) is 4.35. The average Bonchev–Trinajstić information content (AvgIpc) is 2.48. The third kappa shape index (κ3) is 2.73. The average molecular weight is 406 g/mol. The highest BCUT2D eigenvalue weighted by atomic mass is 35.5. The molecular weight excluding hydrogens is 399 g/mol. The summed E-state index contributed by atoms with van der Waals surface area (Å²) in [4.78, 5) is 26.6. The van der Waals surface area contributed by atoms with Crippen LogP contribution < -0.4 is 11.2 Å². The summed E-state index contributed by atoms with van der Waals surface area (Å²) >= 11 is 17.5. The number of benzene rings is 2. The van der Waals surface area contributed by atoms with Crippen LogP contribution in [0.1, 0.15) is 0 Å². The molecule has 0 spiro atoms. The molecule has 0 atom stereocenters. The van der Waals surface area contributed by atoms with Gasteiger partial charge in [0.25, 0.3) is 15.6 Å². The molecule has 6 nitrogen and oxygen atoms in total. The molecule has 0 aliphatic rings. The fraction of sp³-hybridized carbons (Fsp3) is 0. The quantitative estimate of drug-likeness (QED) is 0.710. The third-order valence-electron chi connectivity index (χ3n) is 3.23. The van der Waals surface area contributed by atoms with Gasteiger partial charge in [0.05, 0.1) is 15.9 Å². The molecule has 3 rings (SSSR count). The largest absolute Gasteiger partial charge is 0.343 e. The van der Waals surface area contributed by atoms with Crippen molar-refractivity contribution in [2.45, 2.75) is 4.90 Å². The minimum Gasteiger partial charge on any atom is -0.306 e. The summed E-state index contributed by atoms with van der Waals surface area (Å²) in [6, 6.07) is 7.80. The Labute approximate surface area is 150 Å². The molecular formula is C14H7Cl3N2O4S. The monoisotopic (exact) mass is 404 g/mol. The molecule has 1 aromatic heterocycles. The van der Waals surface area contributed by atoms with Gasteiger partial charge in [-0.3, -0.25) is 4.79 Å². The molecule has 0 bridgehead atoms. The molecule has 0 radical (unpaired) electrons. The zero-order chi connectivity index (χ0) is 17.6. The number of rotatable bonds is 2. The van der Waals surface area contributed by atoms with E-state index in [-0.39, 0.29) is 29.9 Å². The van der Waals surface area contributed by atoms with E-state index in [1.165, 1.54) is 30.3 Å². The standard InChI is InChI=1S/C14H7Cl3N2O4S/c15-7-1-3-9-11(5-7)18-14(21)19(13(9)20)24(22,23)12-6-8(16)2-4-10(12)17/h1-6H,(H,18,21). The first-order valence-corrected chi connectivity index (χ1v) is 8.94. The Balaban J connectivity index is 2.41. The van der Waals surface area contributed by atoms with Gasteiger partial charge in [-0.15, -0.1) is 3.97 Å². The van der Waals surface area contributed by atoms with Crippen molar-refractivity contribution in [2.75, 3.05) is 0 Å². The van der Waals surface area contributed by atoms with Gasteiger partial charge in [-0.05, 0) is 36.4 Å². The van der Waals surface area contributed by atoms with Gasteiger partial charge in [-0.2, -0.15) is 0 Å². The van der Waals surface area contributed by atoms with E-state index in [4.69, 9.17) is 34.8 Å². The third-order valence-corrected chi connectivity index (χ3v) is 5.85. The molecule has 2 aromatic carbocycles. The van der Waals surface area contributed by atoms with Crippen LogP contribution in [-0.2, 0) is 10.0 Å². The van der Waals surface area contributed by atoms with Crippen LogP contribution in [0.3, 0.4) is 0 Å². The van der Waals surface area contributed by atoms with E-state index < -0.39 is 26.2 Å². The van der Waals surface area contributed by atoms with Crippen molar-refractivity contribution in [3.8, 4) is 0 Å². The summed E-state index contributed by atoms with van der Waals surface area (Å²) < 4.78 is 25.6. The zero-order valence-electron chi connectivity index (χ0n) is 11.6. The van der Waals surface area contributed by atoms with Gasteiger partial charge in [0.2, 0.25) is 0 Å². The Morgan fingerprint density at radius 3 is 2.25 bits per heavy atom. The molecule has 1 N–H and O–H groups in total. The van der Waals surface area contributed by atoms with Crippen molar-refractivity contribution in [1.29, 1.82) is 0 Å². The van der Waals surface area contributed by atoms with Crippen molar-refractivity contribution in [2.24, 2.45) is 0 Å². The van der Waals surface area contributed by atoms with Crippen LogP contribution >= 0.6 is 34.8 Å². The highest BCUT2D eigenvalue weighted by molar-refractivity contribution is 7.90. The number of nitrogens with one attached hydrogen (secondary N) is 1. The number of hydrogen-bond donors (Lipinski definition) is 1. The van der Waals surface area contributed by atoms with E-state index in [1.54, 1.807) is 0 Å². The minimum absolute atomic E-state index is 0.0132. The van der Waals surface area contributed by atoms with Gasteiger partial charge in [0.15, 0.2) is 0 Å². The van der Waals surface area contributed by atoms with Crippen LogP contribution in [0.5, 0.6) is 0 Å². The molecule has 3 aromatic rings. The molecule has 1 heterocycles. The lowest BCUT2D eigenvalue weighted by molar-refractivity contribution is 0.582. The van der Waals surface area contributed by atoms with E-state index in [1.807, 2.05) is 0 Å². The van der Waals surface area contributed by atoms with Crippen LogP contribution in [0, 0.1) is 0 Å². The summed E-state index contributed by atoms with van der Waals surface area (Å²) in [6.07, 6.45) is 0. The smallest absolute Gasteiger partial charge is 0.306 e. The van der Waals surface area contributed by atoms with Gasteiger partial charge < -0.3 is 4.98 Å². The lowest BCUT2D eigenvalue weighted by atomic mass is 10.2. The van der Waals surface area contributed by atoms with Crippen molar-refractivity contribution in [1.82, 2.24) is 8.96 Å². The Bertz CT molecular complexity index is 1200. The number of H-pyrrole nitrogens is 1. The molecule has 0 aliphatic carbocycles. The Hall–Kier alpha value is -1.80. The van der Waals surface area contributed by atoms with E-state index in [2.05, 4.69) is 4.98 Å². The van der Waals surface area contributed by atoms with E-state index in [9.17, 15) is 18.0 Å². The van der Waals surface area contributed by atoms with E-state index in [0.29, 0.717) is 0 Å². The maximum absolute atomic E-state index is 12.7. The maximum Gasteiger partial charge on any atom is 0.343 e. The molecule has 24 heavy (non-hydrogen) atoms. The number of aromatic amines is 1. The molecule has 0 saturated heterocycles. The summed E-state index contributed by atoms with van der Waals surface area (Å²) in [6.45, 7) is 0. The second-order valence-corrected chi connectivity index (χ2v) is 7.80. The summed E-state index contributed by atoms with van der Waals surface area (Å²) in [5.74, 6) is 0. The first kappa shape index (κ1) is 17.0. The second-order valence-electron chi connectivity index (χ2n) is 4.77. The summed E-state index contributed by atoms with van der Waals surface area (Å²) in [5.41, 5.74) is -2.02. The van der Waals surface area contributed by atoms with Crippen LogP contribution in [-0.4, -0.2) is 17.4 Å². The van der Waals surface area contributed by atoms with E-state index >= 15 is 0 Å². The summed E-state index contributed by atoms with van der Waals surface area (Å²) in [7, 11) is -4.54. The van der Waals surface area contributed by atoms with Crippen LogP contribution in [0.15, 0.2) is 50.9 Å². The fourth-order valence-electron chi connectivity index (χ4n) is 2.17.